The topological polar surface area (TPSA) is 81.1 Å². The van der Waals surface area contributed by atoms with Gasteiger partial charge >= 0.3 is 5.97 Å². The van der Waals surface area contributed by atoms with Crippen molar-refractivity contribution in [2.45, 2.75) is 19.5 Å². The largest absolute Gasteiger partial charge is 0.480 e. The Morgan fingerprint density at radius 3 is 2.90 bits per heavy atom. The number of carboxylic acid groups (broad SMARTS) is 1. The molecule has 3 aromatic rings. The van der Waals surface area contributed by atoms with Gasteiger partial charge in [-0.25, -0.2) is 4.98 Å². The van der Waals surface area contributed by atoms with E-state index >= 15 is 0 Å². The van der Waals surface area contributed by atoms with Gasteiger partial charge in [0.15, 0.2) is 0 Å². The van der Waals surface area contributed by atoms with Crippen molar-refractivity contribution in [1.29, 1.82) is 0 Å². The number of hydrogen-bond donors (Lipinski definition) is 2. The normalized spacial score (nSPS) is 12.9. The first-order valence-electron chi connectivity index (χ1n) is 6.38. The van der Waals surface area contributed by atoms with Crippen LogP contribution in [0, 0.1) is 6.92 Å². The van der Waals surface area contributed by atoms with Crippen molar-refractivity contribution in [3.05, 3.63) is 42.2 Å². The molecule has 20 heavy (non-hydrogen) atoms. The van der Waals surface area contributed by atoms with E-state index in [4.69, 9.17) is 10.8 Å². The van der Waals surface area contributed by atoms with Crippen molar-refractivity contribution in [3.63, 3.8) is 0 Å². The van der Waals surface area contributed by atoms with Gasteiger partial charge in [0, 0.05) is 0 Å². The summed E-state index contributed by atoms with van der Waals surface area (Å²) in [5.74, 6) is -1.01. The van der Waals surface area contributed by atoms with Crippen LogP contribution in [0.4, 0.5) is 0 Å². The average Bonchev–Trinajstić information content (AvgIpc) is 2.78. The molecule has 3 rings (SSSR count). The highest BCUT2D eigenvalue weighted by Crippen LogP contribution is 2.23. The SMILES string of the molecule is Cc1ccc2cc3c(cc2c1)ncn3C[C@@H](N)C(=O)O. The van der Waals surface area contributed by atoms with E-state index in [1.807, 2.05) is 19.1 Å². The van der Waals surface area contributed by atoms with E-state index in [0.29, 0.717) is 0 Å². The van der Waals surface area contributed by atoms with Gasteiger partial charge in [0.25, 0.3) is 0 Å². The summed E-state index contributed by atoms with van der Waals surface area (Å²) in [5.41, 5.74) is 8.53. The summed E-state index contributed by atoms with van der Waals surface area (Å²) in [4.78, 5) is 15.2. The van der Waals surface area contributed by atoms with Crippen LogP contribution >= 0.6 is 0 Å². The van der Waals surface area contributed by atoms with Gasteiger partial charge in [-0.1, -0.05) is 23.8 Å². The molecule has 1 aromatic heterocycles. The third-order valence-electron chi connectivity index (χ3n) is 3.45. The van der Waals surface area contributed by atoms with Gasteiger partial charge in [0.05, 0.1) is 23.9 Å². The number of imidazole rings is 1. The molecule has 1 atom stereocenters. The number of nitrogens with two attached hydrogens (primary N) is 1. The van der Waals surface area contributed by atoms with Gasteiger partial charge < -0.3 is 15.4 Å². The van der Waals surface area contributed by atoms with Crippen molar-refractivity contribution < 1.29 is 9.90 Å². The summed E-state index contributed by atoms with van der Waals surface area (Å²) in [6.45, 7) is 2.26. The van der Waals surface area contributed by atoms with Crippen LogP contribution in [0.25, 0.3) is 21.8 Å². The lowest BCUT2D eigenvalue weighted by Crippen LogP contribution is -2.34. The Kier molecular flexibility index (Phi) is 2.91. The third kappa shape index (κ3) is 2.12. The Morgan fingerprint density at radius 2 is 2.15 bits per heavy atom. The molecule has 0 saturated carbocycles. The molecule has 5 nitrogen and oxygen atoms in total. The number of rotatable bonds is 3. The van der Waals surface area contributed by atoms with Crippen LogP contribution < -0.4 is 5.73 Å². The maximum Gasteiger partial charge on any atom is 0.322 e. The molecular formula is C15H15N3O2. The van der Waals surface area contributed by atoms with Gasteiger partial charge in [0.2, 0.25) is 0 Å². The van der Waals surface area contributed by atoms with Gasteiger partial charge in [-0.3, -0.25) is 4.79 Å². The number of benzene rings is 2. The smallest absolute Gasteiger partial charge is 0.322 e. The minimum absolute atomic E-state index is 0.212. The van der Waals surface area contributed by atoms with Crippen molar-refractivity contribution >= 4 is 27.8 Å². The van der Waals surface area contributed by atoms with E-state index in [1.165, 1.54) is 5.56 Å². The number of nitrogens with zero attached hydrogens (tertiary/aromatic N) is 2. The zero-order valence-corrected chi connectivity index (χ0v) is 11.1. The zero-order chi connectivity index (χ0) is 14.3. The first kappa shape index (κ1) is 12.6. The number of fused-ring (bicyclic) bond motifs is 2. The molecule has 3 N–H and O–H groups in total. The molecule has 0 saturated heterocycles. The minimum Gasteiger partial charge on any atom is -0.480 e. The Labute approximate surface area is 115 Å². The molecule has 0 aliphatic rings. The molecule has 0 radical (unpaired) electrons. The molecule has 0 aliphatic carbocycles. The average molecular weight is 269 g/mol. The molecule has 0 fully saturated rings. The summed E-state index contributed by atoms with van der Waals surface area (Å²) >= 11 is 0. The number of carboxylic acids is 1. The number of carbonyl (C=O) groups is 1. The number of aromatic nitrogens is 2. The van der Waals surface area contributed by atoms with Gasteiger partial charge in [0.1, 0.15) is 6.04 Å². The van der Waals surface area contributed by atoms with Crippen LogP contribution in [0.3, 0.4) is 0 Å². The van der Waals surface area contributed by atoms with Crippen LogP contribution in [0.5, 0.6) is 0 Å². The Bertz CT molecular complexity index is 807. The molecule has 2 aromatic carbocycles. The van der Waals surface area contributed by atoms with Crippen LogP contribution in [0.1, 0.15) is 5.56 Å². The van der Waals surface area contributed by atoms with E-state index in [1.54, 1.807) is 10.9 Å². The fourth-order valence-electron chi connectivity index (χ4n) is 2.36. The first-order chi connectivity index (χ1) is 9.54. The van der Waals surface area contributed by atoms with Crippen molar-refractivity contribution in [2.75, 3.05) is 0 Å². The number of aliphatic carboxylic acids is 1. The maximum absolute atomic E-state index is 10.9. The predicted molar refractivity (Wildman–Crippen MR) is 77.6 cm³/mol. The fraction of sp³-hybridized carbons (Fsp3) is 0.200. The van der Waals surface area contributed by atoms with Crippen LogP contribution in [0.15, 0.2) is 36.7 Å². The van der Waals surface area contributed by atoms with Crippen molar-refractivity contribution in [1.82, 2.24) is 9.55 Å². The monoisotopic (exact) mass is 269 g/mol. The summed E-state index contributed by atoms with van der Waals surface area (Å²) < 4.78 is 1.79. The van der Waals surface area contributed by atoms with Crippen molar-refractivity contribution in [2.24, 2.45) is 5.73 Å². The highest BCUT2D eigenvalue weighted by atomic mass is 16.4. The molecular weight excluding hydrogens is 254 g/mol. The standard InChI is InChI=1S/C15H15N3O2/c1-9-2-3-10-6-14-13(5-11(10)4-9)17-8-18(14)7-12(16)15(19)20/h2-6,8,12H,7,16H2,1H3,(H,19,20)/t12-/m1/s1. The molecule has 0 bridgehead atoms. The highest BCUT2D eigenvalue weighted by Gasteiger charge is 2.14. The second-order valence-electron chi connectivity index (χ2n) is 5.03. The van der Waals surface area contributed by atoms with Crippen LogP contribution in [-0.2, 0) is 11.3 Å². The van der Waals surface area contributed by atoms with E-state index in [-0.39, 0.29) is 6.54 Å². The van der Waals surface area contributed by atoms with Crippen LogP contribution in [-0.4, -0.2) is 26.7 Å². The van der Waals surface area contributed by atoms with E-state index in [2.05, 4.69) is 23.2 Å². The quantitative estimate of drug-likeness (QED) is 0.761. The molecule has 5 heteroatoms. The van der Waals surface area contributed by atoms with E-state index < -0.39 is 12.0 Å². The first-order valence-corrected chi connectivity index (χ1v) is 6.38. The Hall–Kier alpha value is -2.40. The summed E-state index contributed by atoms with van der Waals surface area (Å²) in [5, 5.41) is 11.1. The molecule has 1 heterocycles. The summed E-state index contributed by atoms with van der Waals surface area (Å²) in [6.07, 6.45) is 1.64. The lowest BCUT2D eigenvalue weighted by Gasteiger charge is -2.09. The Balaban J connectivity index is 2.12. The summed E-state index contributed by atoms with van der Waals surface area (Å²) in [6, 6.07) is 9.32. The van der Waals surface area contributed by atoms with E-state index in [0.717, 1.165) is 21.8 Å². The molecule has 0 amide bonds. The lowest BCUT2D eigenvalue weighted by atomic mass is 10.1. The lowest BCUT2D eigenvalue weighted by molar-refractivity contribution is -0.138. The molecule has 0 aliphatic heterocycles. The zero-order valence-electron chi connectivity index (χ0n) is 11.1. The van der Waals surface area contributed by atoms with E-state index in [9.17, 15) is 4.79 Å². The fourth-order valence-corrected chi connectivity index (χ4v) is 2.36. The molecule has 0 unspecified atom stereocenters. The highest BCUT2D eigenvalue weighted by molar-refractivity contribution is 5.95. The van der Waals surface area contributed by atoms with Crippen LogP contribution in [0.2, 0.25) is 0 Å². The Morgan fingerprint density at radius 1 is 1.35 bits per heavy atom. The second-order valence-corrected chi connectivity index (χ2v) is 5.03. The van der Waals surface area contributed by atoms with Gasteiger partial charge in [-0.2, -0.15) is 0 Å². The third-order valence-corrected chi connectivity index (χ3v) is 3.45. The predicted octanol–water partition coefficient (Wildman–Crippen LogP) is 1.91. The second kappa shape index (κ2) is 4.61. The minimum atomic E-state index is -1.01. The van der Waals surface area contributed by atoms with Crippen molar-refractivity contribution in [3.8, 4) is 0 Å². The number of hydrogen-bond acceptors (Lipinski definition) is 3. The maximum atomic E-state index is 10.9. The molecule has 102 valence electrons. The molecule has 0 spiro atoms. The van der Waals surface area contributed by atoms with Gasteiger partial charge in [-0.15, -0.1) is 0 Å². The number of aryl methyl sites for hydroxylation is 1. The summed E-state index contributed by atoms with van der Waals surface area (Å²) in [7, 11) is 0. The van der Waals surface area contributed by atoms with Gasteiger partial charge in [-0.05, 0) is 29.8 Å².